The molecule has 6 heteroatoms. The Balaban J connectivity index is 2.04. The van der Waals surface area contributed by atoms with Crippen molar-refractivity contribution in [3.8, 4) is 5.69 Å². The maximum Gasteiger partial charge on any atom is 0.275 e. The summed E-state index contributed by atoms with van der Waals surface area (Å²) in [6.07, 6.45) is 1.46. The first-order valence-electron chi connectivity index (χ1n) is 6.43. The van der Waals surface area contributed by atoms with Gasteiger partial charge in [-0.3, -0.25) is 19.4 Å². The SMILES string of the molecule is O=C(c1ccc(Cl)cc1Cl)c1cn(-c2ccccc2)[nH]c1=O. The van der Waals surface area contributed by atoms with E-state index in [1.54, 1.807) is 6.07 Å². The van der Waals surface area contributed by atoms with Gasteiger partial charge in [-0.25, -0.2) is 0 Å². The van der Waals surface area contributed by atoms with Crippen LogP contribution in [0.5, 0.6) is 0 Å². The molecule has 3 rings (SSSR count). The Bertz CT molecular complexity index is 898. The first kappa shape index (κ1) is 14.6. The van der Waals surface area contributed by atoms with Gasteiger partial charge in [-0.2, -0.15) is 0 Å². The van der Waals surface area contributed by atoms with Crippen LogP contribution >= 0.6 is 23.2 Å². The van der Waals surface area contributed by atoms with Gasteiger partial charge in [-0.05, 0) is 30.3 Å². The summed E-state index contributed by atoms with van der Waals surface area (Å²) in [5.74, 6) is -0.447. The third-order valence-electron chi connectivity index (χ3n) is 3.18. The van der Waals surface area contributed by atoms with Crippen molar-refractivity contribution in [3.63, 3.8) is 0 Å². The lowest BCUT2D eigenvalue weighted by Gasteiger charge is -2.02. The average molecular weight is 333 g/mol. The predicted molar refractivity (Wildman–Crippen MR) is 86.3 cm³/mol. The summed E-state index contributed by atoms with van der Waals surface area (Å²) in [4.78, 5) is 24.5. The number of aromatic nitrogens is 2. The second kappa shape index (κ2) is 5.83. The fourth-order valence-electron chi connectivity index (χ4n) is 2.10. The van der Waals surface area contributed by atoms with Gasteiger partial charge in [-0.1, -0.05) is 41.4 Å². The van der Waals surface area contributed by atoms with E-state index in [9.17, 15) is 9.59 Å². The maximum absolute atomic E-state index is 12.5. The Morgan fingerprint density at radius 3 is 2.41 bits per heavy atom. The number of halogens is 2. The van der Waals surface area contributed by atoms with E-state index >= 15 is 0 Å². The molecule has 0 unspecified atom stereocenters. The highest BCUT2D eigenvalue weighted by molar-refractivity contribution is 6.37. The van der Waals surface area contributed by atoms with Crippen LogP contribution in [0, 0.1) is 0 Å². The highest BCUT2D eigenvalue weighted by atomic mass is 35.5. The molecule has 0 aliphatic carbocycles. The zero-order valence-electron chi connectivity index (χ0n) is 11.2. The second-order valence-electron chi connectivity index (χ2n) is 4.64. The molecule has 0 bridgehead atoms. The Morgan fingerprint density at radius 1 is 1.00 bits per heavy atom. The first-order valence-corrected chi connectivity index (χ1v) is 7.18. The zero-order valence-corrected chi connectivity index (χ0v) is 12.7. The molecule has 0 fully saturated rings. The summed E-state index contributed by atoms with van der Waals surface area (Å²) in [5.41, 5.74) is 0.538. The number of rotatable bonds is 3. The molecule has 4 nitrogen and oxygen atoms in total. The largest absolute Gasteiger partial charge is 0.288 e. The van der Waals surface area contributed by atoms with Crippen molar-refractivity contribution in [1.29, 1.82) is 0 Å². The molecule has 0 saturated heterocycles. The lowest BCUT2D eigenvalue weighted by molar-refractivity contribution is 0.103. The Morgan fingerprint density at radius 2 is 1.73 bits per heavy atom. The van der Waals surface area contributed by atoms with Crippen LogP contribution in [0.1, 0.15) is 15.9 Å². The molecule has 1 N–H and O–H groups in total. The Kier molecular flexibility index (Phi) is 3.88. The van der Waals surface area contributed by atoms with Gasteiger partial charge in [0.15, 0.2) is 0 Å². The summed E-state index contributed by atoms with van der Waals surface area (Å²) < 4.78 is 1.50. The van der Waals surface area contributed by atoms with Crippen molar-refractivity contribution in [3.05, 3.63) is 86.3 Å². The Hall–Kier alpha value is -2.30. The smallest absolute Gasteiger partial charge is 0.275 e. The molecule has 0 radical (unpaired) electrons. The summed E-state index contributed by atoms with van der Waals surface area (Å²) in [7, 11) is 0. The van der Waals surface area contributed by atoms with E-state index in [0.717, 1.165) is 5.69 Å². The van der Waals surface area contributed by atoms with Crippen molar-refractivity contribution >= 4 is 29.0 Å². The number of carbonyl (C=O) groups is 1. The molecule has 0 aliphatic rings. The minimum atomic E-state index is -0.472. The van der Waals surface area contributed by atoms with Crippen molar-refractivity contribution in [1.82, 2.24) is 9.78 Å². The van der Waals surface area contributed by atoms with Crippen LogP contribution in [0.4, 0.5) is 0 Å². The highest BCUT2D eigenvalue weighted by Gasteiger charge is 2.18. The highest BCUT2D eigenvalue weighted by Crippen LogP contribution is 2.23. The van der Waals surface area contributed by atoms with Crippen molar-refractivity contribution < 1.29 is 4.79 Å². The van der Waals surface area contributed by atoms with Gasteiger partial charge in [0.1, 0.15) is 5.56 Å². The lowest BCUT2D eigenvalue weighted by atomic mass is 10.1. The molecule has 0 aliphatic heterocycles. The van der Waals surface area contributed by atoms with Crippen LogP contribution in [0.25, 0.3) is 5.69 Å². The van der Waals surface area contributed by atoms with E-state index in [0.29, 0.717) is 5.02 Å². The molecule has 1 aromatic heterocycles. The number of para-hydroxylation sites is 1. The minimum Gasteiger partial charge on any atom is -0.288 e. The molecule has 110 valence electrons. The van der Waals surface area contributed by atoms with Gasteiger partial charge in [0.25, 0.3) is 5.56 Å². The molecule has 22 heavy (non-hydrogen) atoms. The van der Waals surface area contributed by atoms with Crippen molar-refractivity contribution in [2.45, 2.75) is 0 Å². The van der Waals surface area contributed by atoms with Crippen LogP contribution in [0.15, 0.2) is 59.5 Å². The number of aromatic amines is 1. The van der Waals surface area contributed by atoms with Crippen LogP contribution in [-0.2, 0) is 0 Å². The monoisotopic (exact) mass is 332 g/mol. The molecular formula is C16H10Cl2N2O2. The third kappa shape index (κ3) is 2.71. The molecular weight excluding hydrogens is 323 g/mol. The number of hydrogen-bond donors (Lipinski definition) is 1. The van der Waals surface area contributed by atoms with Gasteiger partial charge < -0.3 is 0 Å². The summed E-state index contributed by atoms with van der Waals surface area (Å²) in [6, 6.07) is 13.7. The number of H-pyrrole nitrogens is 1. The molecule has 1 heterocycles. The van der Waals surface area contributed by atoms with Gasteiger partial charge in [-0.15, -0.1) is 0 Å². The fraction of sp³-hybridized carbons (Fsp3) is 0. The van der Waals surface area contributed by atoms with Crippen molar-refractivity contribution in [2.24, 2.45) is 0 Å². The van der Waals surface area contributed by atoms with Gasteiger partial charge in [0.05, 0.1) is 10.7 Å². The number of carbonyl (C=O) groups excluding carboxylic acids is 1. The number of benzene rings is 2. The molecule has 0 atom stereocenters. The normalized spacial score (nSPS) is 10.6. The average Bonchev–Trinajstić information content (AvgIpc) is 2.89. The zero-order chi connectivity index (χ0) is 15.7. The van der Waals surface area contributed by atoms with E-state index in [1.165, 1.54) is 23.0 Å². The van der Waals surface area contributed by atoms with Gasteiger partial charge >= 0.3 is 0 Å². The number of nitrogens with one attached hydrogen (secondary N) is 1. The van der Waals surface area contributed by atoms with Crippen LogP contribution < -0.4 is 5.56 Å². The molecule has 0 amide bonds. The quantitative estimate of drug-likeness (QED) is 0.743. The fourth-order valence-corrected chi connectivity index (χ4v) is 2.59. The number of hydrogen-bond acceptors (Lipinski definition) is 2. The Labute approximate surface area is 135 Å². The van der Waals surface area contributed by atoms with E-state index in [1.807, 2.05) is 30.3 Å². The van der Waals surface area contributed by atoms with E-state index in [-0.39, 0.29) is 16.1 Å². The standard InChI is InChI=1S/C16H10Cl2N2O2/c17-10-6-7-12(14(18)8-10)15(21)13-9-20(19-16(13)22)11-4-2-1-3-5-11/h1-9H,(H,19,22). The number of ketones is 1. The topological polar surface area (TPSA) is 54.9 Å². The predicted octanol–water partition coefficient (Wildman–Crippen LogP) is 3.70. The summed E-state index contributed by atoms with van der Waals surface area (Å²) in [6.45, 7) is 0. The van der Waals surface area contributed by atoms with E-state index in [4.69, 9.17) is 23.2 Å². The van der Waals surface area contributed by atoms with Crippen LogP contribution in [-0.4, -0.2) is 15.6 Å². The van der Waals surface area contributed by atoms with E-state index < -0.39 is 11.3 Å². The van der Waals surface area contributed by atoms with Crippen LogP contribution in [0.3, 0.4) is 0 Å². The van der Waals surface area contributed by atoms with E-state index in [2.05, 4.69) is 5.10 Å². The second-order valence-corrected chi connectivity index (χ2v) is 5.49. The number of nitrogens with zero attached hydrogens (tertiary/aromatic N) is 1. The van der Waals surface area contributed by atoms with Crippen molar-refractivity contribution in [2.75, 3.05) is 0 Å². The maximum atomic E-state index is 12.5. The molecule has 2 aromatic carbocycles. The summed E-state index contributed by atoms with van der Waals surface area (Å²) >= 11 is 11.8. The minimum absolute atomic E-state index is 0.0214. The third-order valence-corrected chi connectivity index (χ3v) is 3.73. The molecule has 0 spiro atoms. The lowest BCUT2D eigenvalue weighted by Crippen LogP contribution is -2.13. The first-order chi connectivity index (χ1) is 10.6. The molecule has 0 saturated carbocycles. The summed E-state index contributed by atoms with van der Waals surface area (Å²) in [5, 5.41) is 3.25. The van der Waals surface area contributed by atoms with Gasteiger partial charge in [0.2, 0.25) is 5.78 Å². The molecule has 3 aromatic rings. The van der Waals surface area contributed by atoms with Gasteiger partial charge in [0, 0.05) is 16.8 Å². The van der Waals surface area contributed by atoms with Crippen LogP contribution in [0.2, 0.25) is 10.0 Å².